The smallest absolute Gasteiger partial charge is 0.287 e. The van der Waals surface area contributed by atoms with Gasteiger partial charge in [0.1, 0.15) is 0 Å². The highest BCUT2D eigenvalue weighted by atomic mass is 16.5. The van der Waals surface area contributed by atoms with Crippen LogP contribution in [0.1, 0.15) is 39.4 Å². The maximum Gasteiger partial charge on any atom is 0.287 e. The van der Waals surface area contributed by atoms with Crippen LogP contribution in [0.2, 0.25) is 0 Å². The van der Waals surface area contributed by atoms with E-state index in [0.29, 0.717) is 18.4 Å². The molecule has 1 heterocycles. The number of hydrogen-bond acceptors (Lipinski definition) is 4. The van der Waals surface area contributed by atoms with E-state index in [-0.39, 0.29) is 17.2 Å². The van der Waals surface area contributed by atoms with Crippen LogP contribution in [0.3, 0.4) is 0 Å². The van der Waals surface area contributed by atoms with Gasteiger partial charge in [0, 0.05) is 12.0 Å². The number of ketones is 1. The quantitative estimate of drug-likeness (QED) is 0.673. The first kappa shape index (κ1) is 7.97. The Balaban J connectivity index is 2.53. The number of hydrogen-bond donors (Lipinski definition) is 1. The van der Waals surface area contributed by atoms with Gasteiger partial charge in [0.05, 0.1) is 0 Å². The lowest BCUT2D eigenvalue weighted by molar-refractivity contribution is 0.0952. The molecule has 0 saturated carbocycles. The zero-order valence-electron chi connectivity index (χ0n) is 6.87. The summed E-state index contributed by atoms with van der Waals surface area (Å²) in [6, 6.07) is 0. The molecule has 0 aromatic carbocycles. The molecule has 1 aliphatic carbocycles. The molecule has 68 valence electrons. The molecule has 5 nitrogen and oxygen atoms in total. The zero-order chi connectivity index (χ0) is 9.42. The number of fused-ring (bicyclic) bond motifs is 1. The Bertz CT molecular complexity index is 367. The first-order valence-corrected chi connectivity index (χ1v) is 4.01. The van der Waals surface area contributed by atoms with Gasteiger partial charge in [0.25, 0.3) is 5.91 Å². The van der Waals surface area contributed by atoms with E-state index in [9.17, 15) is 9.59 Å². The highest BCUT2D eigenvalue weighted by molar-refractivity contribution is 6.00. The number of carbonyl (C=O) groups is 2. The molecule has 0 atom stereocenters. The third-order valence-corrected chi connectivity index (χ3v) is 2.11. The van der Waals surface area contributed by atoms with Gasteiger partial charge in [-0.25, -0.2) is 0 Å². The van der Waals surface area contributed by atoms with Crippen molar-refractivity contribution < 1.29 is 14.1 Å². The molecule has 0 radical (unpaired) electrons. The first-order valence-electron chi connectivity index (χ1n) is 4.01. The van der Waals surface area contributed by atoms with Crippen LogP contribution >= 0.6 is 0 Å². The molecule has 2 rings (SSSR count). The van der Waals surface area contributed by atoms with Gasteiger partial charge in [-0.2, -0.15) is 0 Å². The molecule has 0 fully saturated rings. The predicted octanol–water partition coefficient (Wildman–Crippen LogP) is 0.292. The fraction of sp³-hybridized carbons (Fsp3) is 0.375. The molecule has 1 amide bonds. The number of aromatic nitrogens is 1. The maximum atomic E-state index is 11.2. The van der Waals surface area contributed by atoms with Crippen LogP contribution in [0.15, 0.2) is 4.52 Å². The van der Waals surface area contributed by atoms with E-state index in [1.54, 1.807) is 0 Å². The van der Waals surface area contributed by atoms with Gasteiger partial charge in [-0.05, 0) is 12.8 Å². The van der Waals surface area contributed by atoms with Gasteiger partial charge in [-0.3, -0.25) is 9.59 Å². The van der Waals surface area contributed by atoms with Crippen molar-refractivity contribution in [2.75, 3.05) is 0 Å². The lowest BCUT2D eigenvalue weighted by Gasteiger charge is -2.06. The normalized spacial score (nSPS) is 15.5. The SMILES string of the molecule is NC(=O)c1onc2c1CCCC2=O. The van der Waals surface area contributed by atoms with E-state index in [1.165, 1.54) is 0 Å². The number of Topliss-reactive ketones (excluding diaryl/α,β-unsaturated/α-hetero) is 1. The maximum absolute atomic E-state index is 11.2. The van der Waals surface area contributed by atoms with Gasteiger partial charge in [-0.15, -0.1) is 0 Å². The van der Waals surface area contributed by atoms with Gasteiger partial charge >= 0.3 is 0 Å². The molecule has 0 spiro atoms. The summed E-state index contributed by atoms with van der Waals surface area (Å²) in [7, 11) is 0. The number of nitrogens with two attached hydrogens (primary N) is 1. The lowest BCUT2D eigenvalue weighted by Crippen LogP contribution is -2.16. The molecule has 0 unspecified atom stereocenters. The van der Waals surface area contributed by atoms with E-state index in [0.717, 1.165) is 6.42 Å². The zero-order valence-corrected chi connectivity index (χ0v) is 6.87. The van der Waals surface area contributed by atoms with Crippen LogP contribution < -0.4 is 5.73 Å². The Morgan fingerprint density at radius 3 is 2.92 bits per heavy atom. The molecule has 5 heteroatoms. The Morgan fingerprint density at radius 2 is 2.23 bits per heavy atom. The topological polar surface area (TPSA) is 86.2 Å². The summed E-state index contributed by atoms with van der Waals surface area (Å²) in [4.78, 5) is 22.1. The Labute approximate surface area is 73.9 Å². The molecule has 1 aromatic heterocycles. The fourth-order valence-electron chi connectivity index (χ4n) is 1.50. The van der Waals surface area contributed by atoms with Crippen LogP contribution in [0.5, 0.6) is 0 Å². The Kier molecular flexibility index (Phi) is 1.65. The average Bonchev–Trinajstić information content (AvgIpc) is 2.48. The van der Waals surface area contributed by atoms with Crippen molar-refractivity contribution >= 4 is 11.7 Å². The van der Waals surface area contributed by atoms with Crippen LogP contribution in [-0.2, 0) is 6.42 Å². The van der Waals surface area contributed by atoms with E-state index < -0.39 is 5.91 Å². The number of amides is 1. The molecule has 0 saturated heterocycles. The number of carbonyl (C=O) groups excluding carboxylic acids is 2. The molecule has 1 aliphatic rings. The van der Waals surface area contributed by atoms with Gasteiger partial charge < -0.3 is 10.3 Å². The predicted molar refractivity (Wildman–Crippen MR) is 42.3 cm³/mol. The first-order chi connectivity index (χ1) is 6.20. The van der Waals surface area contributed by atoms with Crippen molar-refractivity contribution in [3.8, 4) is 0 Å². The fourth-order valence-corrected chi connectivity index (χ4v) is 1.50. The summed E-state index contributed by atoms with van der Waals surface area (Å²) in [5.41, 5.74) is 5.89. The van der Waals surface area contributed by atoms with Crippen molar-refractivity contribution in [3.63, 3.8) is 0 Å². The lowest BCUT2D eigenvalue weighted by atomic mass is 9.95. The van der Waals surface area contributed by atoms with Crippen molar-refractivity contribution in [1.82, 2.24) is 5.16 Å². The van der Waals surface area contributed by atoms with Crippen LogP contribution in [-0.4, -0.2) is 16.8 Å². The summed E-state index contributed by atoms with van der Waals surface area (Å²) < 4.78 is 4.70. The summed E-state index contributed by atoms with van der Waals surface area (Å²) in [5.74, 6) is -0.705. The highest BCUT2D eigenvalue weighted by Gasteiger charge is 2.27. The second kappa shape index (κ2) is 2.69. The summed E-state index contributed by atoms with van der Waals surface area (Å²) in [6.07, 6.45) is 1.84. The van der Waals surface area contributed by atoms with Crippen LogP contribution in [0, 0.1) is 0 Å². The van der Waals surface area contributed by atoms with Crippen molar-refractivity contribution in [1.29, 1.82) is 0 Å². The second-order valence-electron chi connectivity index (χ2n) is 2.98. The Hall–Kier alpha value is -1.65. The largest absolute Gasteiger partial charge is 0.363 e. The second-order valence-corrected chi connectivity index (χ2v) is 2.98. The summed E-state index contributed by atoms with van der Waals surface area (Å²) in [5, 5.41) is 3.53. The third-order valence-electron chi connectivity index (χ3n) is 2.11. The summed E-state index contributed by atoms with van der Waals surface area (Å²) >= 11 is 0. The van der Waals surface area contributed by atoms with Crippen LogP contribution in [0.4, 0.5) is 0 Å². The van der Waals surface area contributed by atoms with E-state index >= 15 is 0 Å². The molecule has 0 aliphatic heterocycles. The minimum Gasteiger partial charge on any atom is -0.363 e. The van der Waals surface area contributed by atoms with Gasteiger partial charge in [-0.1, -0.05) is 5.16 Å². The summed E-state index contributed by atoms with van der Waals surface area (Å²) in [6.45, 7) is 0. The molecule has 13 heavy (non-hydrogen) atoms. The standard InChI is InChI=1S/C8H8N2O3/c9-8(12)7-4-2-1-3-5(11)6(4)10-13-7/h1-3H2,(H2,9,12). The van der Waals surface area contributed by atoms with E-state index in [2.05, 4.69) is 5.16 Å². The highest BCUT2D eigenvalue weighted by Crippen LogP contribution is 2.23. The van der Waals surface area contributed by atoms with Gasteiger partial charge in [0.15, 0.2) is 11.5 Å². The van der Waals surface area contributed by atoms with Crippen molar-refractivity contribution in [2.24, 2.45) is 5.73 Å². The molecular weight excluding hydrogens is 172 g/mol. The minimum atomic E-state index is -0.663. The molecule has 1 aromatic rings. The van der Waals surface area contributed by atoms with Crippen molar-refractivity contribution in [3.05, 3.63) is 17.0 Å². The van der Waals surface area contributed by atoms with Crippen LogP contribution in [0.25, 0.3) is 0 Å². The Morgan fingerprint density at radius 1 is 1.46 bits per heavy atom. The van der Waals surface area contributed by atoms with Crippen molar-refractivity contribution in [2.45, 2.75) is 19.3 Å². The number of rotatable bonds is 1. The molecule has 0 bridgehead atoms. The van der Waals surface area contributed by atoms with Gasteiger partial charge in [0.2, 0.25) is 5.76 Å². The number of primary amides is 1. The minimum absolute atomic E-state index is 0.0306. The van der Waals surface area contributed by atoms with E-state index in [1.807, 2.05) is 0 Å². The molecule has 2 N–H and O–H groups in total. The molecular formula is C8H8N2O3. The average molecular weight is 180 g/mol. The van der Waals surface area contributed by atoms with E-state index in [4.69, 9.17) is 10.3 Å². The number of nitrogens with zero attached hydrogens (tertiary/aromatic N) is 1. The monoisotopic (exact) mass is 180 g/mol. The third kappa shape index (κ3) is 1.12.